The van der Waals surface area contributed by atoms with Crippen LogP contribution in [0, 0.1) is 11.2 Å². The summed E-state index contributed by atoms with van der Waals surface area (Å²) in [5.74, 6) is -1.11. The number of thiazole rings is 1. The quantitative estimate of drug-likeness (QED) is 0.163. The highest BCUT2D eigenvalue weighted by atomic mass is 32.1. The first-order valence-electron chi connectivity index (χ1n) is 11.0. The van der Waals surface area contributed by atoms with Gasteiger partial charge in [-0.25, -0.2) is 14.2 Å². The number of amides is 1. The van der Waals surface area contributed by atoms with Crippen LogP contribution >= 0.6 is 11.3 Å². The number of carbonyl (C=O) groups excluding carboxylic acids is 1. The zero-order valence-corrected chi connectivity index (χ0v) is 20.6. The number of benzene rings is 2. The molecule has 0 saturated heterocycles. The summed E-state index contributed by atoms with van der Waals surface area (Å²) in [6.45, 7) is -0.114. The van der Waals surface area contributed by atoms with E-state index >= 15 is 4.39 Å². The maximum Gasteiger partial charge on any atom is 0.349 e. The summed E-state index contributed by atoms with van der Waals surface area (Å²) < 4.78 is 33.0. The van der Waals surface area contributed by atoms with E-state index in [1.54, 1.807) is 24.3 Å². The van der Waals surface area contributed by atoms with Gasteiger partial charge in [0, 0.05) is 16.8 Å². The Morgan fingerprint density at radius 2 is 2.11 bits per heavy atom. The lowest BCUT2D eigenvalue weighted by Gasteiger charge is -2.25. The average molecular weight is 541 g/mol. The van der Waals surface area contributed by atoms with Gasteiger partial charge in [-0.3, -0.25) is 15.2 Å². The number of nitrogens with zero attached hydrogens (tertiary/aromatic N) is 3. The molecule has 0 fully saturated rings. The summed E-state index contributed by atoms with van der Waals surface area (Å²) in [6.07, 6.45) is 0. The van der Waals surface area contributed by atoms with E-state index in [1.807, 2.05) is 0 Å². The van der Waals surface area contributed by atoms with Crippen LogP contribution in [-0.2, 0) is 11.3 Å². The fraction of sp³-hybridized carbons (Fsp3) is 0.174. The van der Waals surface area contributed by atoms with Gasteiger partial charge in [-0.1, -0.05) is 0 Å². The Hall–Kier alpha value is -4.76. The number of primary amides is 1. The van der Waals surface area contributed by atoms with Crippen molar-refractivity contribution in [2.45, 2.75) is 12.6 Å². The van der Waals surface area contributed by atoms with Crippen molar-refractivity contribution in [2.75, 3.05) is 19.2 Å². The molecule has 0 aliphatic carbocycles. The minimum absolute atomic E-state index is 0.00705. The van der Waals surface area contributed by atoms with Crippen molar-refractivity contribution in [1.29, 1.82) is 5.41 Å². The lowest BCUT2D eigenvalue weighted by Crippen LogP contribution is -2.20. The second kappa shape index (κ2) is 9.95. The number of carbonyl (C=O) groups is 1. The maximum absolute atomic E-state index is 15.9. The molecule has 0 radical (unpaired) electrons. The van der Waals surface area contributed by atoms with E-state index < -0.39 is 23.5 Å². The van der Waals surface area contributed by atoms with E-state index in [0.29, 0.717) is 11.3 Å². The molecule has 3 heterocycles. The molecule has 1 aliphatic rings. The summed E-state index contributed by atoms with van der Waals surface area (Å²) in [5, 5.41) is 15.1. The van der Waals surface area contributed by atoms with Crippen LogP contribution in [-0.4, -0.2) is 45.4 Å². The van der Waals surface area contributed by atoms with Crippen molar-refractivity contribution in [3.8, 4) is 17.3 Å². The minimum atomic E-state index is -1.07. The van der Waals surface area contributed by atoms with Gasteiger partial charge in [-0.2, -0.15) is 4.68 Å². The molecular weight excluding hydrogens is 519 g/mol. The third-order valence-corrected chi connectivity index (χ3v) is 6.59. The van der Waals surface area contributed by atoms with E-state index in [4.69, 9.17) is 31.1 Å². The molecule has 1 amide bonds. The largest absolute Gasteiger partial charge is 0.493 e. The molecule has 0 saturated carbocycles. The van der Waals surface area contributed by atoms with Gasteiger partial charge in [0.1, 0.15) is 22.6 Å². The molecule has 5 rings (SSSR count). The van der Waals surface area contributed by atoms with Crippen molar-refractivity contribution < 1.29 is 23.4 Å². The Morgan fingerprint density at radius 3 is 2.79 bits per heavy atom. The van der Waals surface area contributed by atoms with Crippen LogP contribution in [0.2, 0.25) is 0 Å². The van der Waals surface area contributed by atoms with Gasteiger partial charge in [-0.15, -0.1) is 16.4 Å². The van der Waals surface area contributed by atoms with Crippen molar-refractivity contribution in [2.24, 2.45) is 11.5 Å². The molecule has 38 heavy (non-hydrogen) atoms. The van der Waals surface area contributed by atoms with Gasteiger partial charge in [0.25, 0.3) is 5.91 Å². The topological polar surface area (TPSA) is 196 Å². The van der Waals surface area contributed by atoms with E-state index in [2.05, 4.69) is 20.4 Å². The number of methoxy groups -OCH3 is 1. The van der Waals surface area contributed by atoms with E-state index in [9.17, 15) is 9.59 Å². The predicted octanol–water partition coefficient (Wildman–Crippen LogP) is 1.62. The number of aromatic nitrogens is 4. The summed E-state index contributed by atoms with van der Waals surface area (Å²) in [7, 11) is 1.42. The van der Waals surface area contributed by atoms with Crippen molar-refractivity contribution in [1.82, 2.24) is 19.7 Å². The van der Waals surface area contributed by atoms with Gasteiger partial charge in [-0.05, 0) is 30.3 Å². The van der Waals surface area contributed by atoms with Crippen LogP contribution in [0.15, 0.2) is 40.6 Å². The first-order chi connectivity index (χ1) is 18.3. The van der Waals surface area contributed by atoms with Gasteiger partial charge in [0.15, 0.2) is 29.9 Å². The van der Waals surface area contributed by atoms with Gasteiger partial charge < -0.3 is 31.0 Å². The fourth-order valence-electron chi connectivity index (χ4n) is 3.97. The third kappa shape index (κ3) is 4.44. The molecule has 1 aliphatic heterocycles. The summed E-state index contributed by atoms with van der Waals surface area (Å²) in [5.41, 5.74) is 12.8. The standard InChI is InChI=1S/C23H21FN8O5S/c1-35-14-6-12(15(24)13-7-36-9-37-17(13)14)16(29-11-4-2-10(3-5-11)19(25)26)21-30-23(34)32(31-21)22-18(20(27)33)38-8-28-22/h2-6,8,16,29H,7,9H2,1H3,(H3,25,26)(H2,27,33)(H,30,31,34)/t16-/m0/s1. The summed E-state index contributed by atoms with van der Waals surface area (Å²) >= 11 is 0.958. The number of hydrogen-bond acceptors (Lipinski definition) is 10. The molecular formula is C23H21FN8O5S. The highest BCUT2D eigenvalue weighted by Crippen LogP contribution is 2.41. The molecule has 2 aromatic heterocycles. The number of rotatable bonds is 8. The van der Waals surface area contributed by atoms with Crippen LogP contribution in [0.5, 0.6) is 11.5 Å². The first-order valence-corrected chi connectivity index (χ1v) is 11.9. The predicted molar refractivity (Wildman–Crippen MR) is 135 cm³/mol. The number of nitrogens with one attached hydrogen (secondary N) is 3. The number of anilines is 1. The van der Waals surface area contributed by atoms with Crippen molar-refractivity contribution in [3.05, 3.63) is 79.5 Å². The molecule has 7 N–H and O–H groups in total. The van der Waals surface area contributed by atoms with Crippen LogP contribution in [0.4, 0.5) is 10.1 Å². The molecule has 0 bridgehead atoms. The lowest BCUT2D eigenvalue weighted by atomic mass is 9.99. The van der Waals surface area contributed by atoms with Crippen LogP contribution in [0.3, 0.4) is 0 Å². The SMILES string of the molecule is COc1cc([C@H](Nc2ccc(C(=N)N)cc2)c2nn(-c3ncsc3C(N)=O)c(=O)[nH]2)c(F)c2c1OCOC2. The smallest absolute Gasteiger partial charge is 0.349 e. The maximum atomic E-state index is 15.9. The number of hydrogen-bond donors (Lipinski definition) is 5. The summed E-state index contributed by atoms with van der Waals surface area (Å²) in [6, 6.07) is 6.89. The Balaban J connectivity index is 1.66. The van der Waals surface area contributed by atoms with E-state index in [0.717, 1.165) is 16.0 Å². The van der Waals surface area contributed by atoms with E-state index in [1.165, 1.54) is 18.7 Å². The Labute approximate surface area is 217 Å². The second-order valence-electron chi connectivity index (χ2n) is 8.07. The number of aromatic amines is 1. The fourth-order valence-corrected chi connectivity index (χ4v) is 4.58. The Kier molecular flexibility index (Phi) is 6.52. The number of halogens is 1. The number of nitrogen functional groups attached to an aromatic ring is 1. The van der Waals surface area contributed by atoms with Crippen molar-refractivity contribution >= 4 is 28.8 Å². The monoisotopic (exact) mass is 540 g/mol. The molecule has 0 spiro atoms. The van der Waals surface area contributed by atoms with Gasteiger partial charge in [0.2, 0.25) is 0 Å². The van der Waals surface area contributed by atoms with Gasteiger partial charge >= 0.3 is 5.69 Å². The van der Waals surface area contributed by atoms with Crippen LogP contribution < -0.4 is 31.9 Å². The average Bonchev–Trinajstić information content (AvgIpc) is 3.55. The Morgan fingerprint density at radius 1 is 1.34 bits per heavy atom. The molecule has 4 aromatic rings. The highest BCUT2D eigenvalue weighted by molar-refractivity contribution is 7.12. The summed E-state index contributed by atoms with van der Waals surface area (Å²) in [4.78, 5) is 31.4. The van der Waals surface area contributed by atoms with Gasteiger partial charge in [0.05, 0.1) is 24.8 Å². The molecule has 13 nitrogen and oxygen atoms in total. The molecule has 0 unspecified atom stereocenters. The second-order valence-corrected chi connectivity index (χ2v) is 8.92. The zero-order valence-electron chi connectivity index (χ0n) is 19.8. The third-order valence-electron chi connectivity index (χ3n) is 5.76. The number of ether oxygens (including phenoxy) is 3. The van der Waals surface area contributed by atoms with Crippen molar-refractivity contribution in [3.63, 3.8) is 0 Å². The molecule has 2 aromatic carbocycles. The molecule has 15 heteroatoms. The number of fused-ring (bicyclic) bond motifs is 1. The Bertz CT molecular complexity index is 1600. The zero-order chi connectivity index (χ0) is 27.0. The number of nitrogens with two attached hydrogens (primary N) is 2. The van der Waals surface area contributed by atoms with Crippen LogP contribution in [0.25, 0.3) is 5.82 Å². The first kappa shape index (κ1) is 24.9. The van der Waals surface area contributed by atoms with Crippen LogP contribution in [0.1, 0.15) is 38.2 Å². The normalized spacial score (nSPS) is 13.3. The highest BCUT2D eigenvalue weighted by Gasteiger charge is 2.31. The molecule has 196 valence electrons. The minimum Gasteiger partial charge on any atom is -0.493 e. The van der Waals surface area contributed by atoms with E-state index in [-0.39, 0.29) is 58.4 Å². The lowest BCUT2D eigenvalue weighted by molar-refractivity contribution is -0.0200. The number of H-pyrrole nitrogens is 1. The number of amidine groups is 1. The molecule has 1 atom stereocenters.